The van der Waals surface area contributed by atoms with E-state index >= 15 is 0 Å². The van der Waals surface area contributed by atoms with Crippen molar-refractivity contribution < 1.29 is 0 Å². The van der Waals surface area contributed by atoms with Gasteiger partial charge in [-0.2, -0.15) is 5.10 Å². The number of hydrogen-bond donors (Lipinski definition) is 2. The number of hydrogen-bond acceptors (Lipinski definition) is 2. The van der Waals surface area contributed by atoms with Crippen LogP contribution in [0.4, 0.5) is 5.82 Å². The Balaban J connectivity index is 2.35. The molecule has 3 nitrogen and oxygen atoms in total. The van der Waals surface area contributed by atoms with Gasteiger partial charge in [-0.1, -0.05) is 26.7 Å². The van der Waals surface area contributed by atoms with Gasteiger partial charge in [-0.25, -0.2) is 0 Å². The van der Waals surface area contributed by atoms with Crippen molar-refractivity contribution in [2.45, 2.75) is 58.3 Å². The van der Waals surface area contributed by atoms with Crippen LogP contribution in [0.1, 0.15) is 57.2 Å². The minimum absolute atomic E-state index is 0.322. The molecule has 0 atom stereocenters. The molecule has 1 saturated carbocycles. The normalized spacial score (nSPS) is 19.5. The molecule has 16 heavy (non-hydrogen) atoms. The fourth-order valence-corrected chi connectivity index (χ4v) is 3.32. The summed E-state index contributed by atoms with van der Waals surface area (Å²) < 4.78 is 0. The lowest BCUT2D eigenvalue weighted by Gasteiger charge is -2.30. The number of aromatic nitrogens is 2. The van der Waals surface area contributed by atoms with E-state index in [1.54, 1.807) is 0 Å². The van der Waals surface area contributed by atoms with Crippen LogP contribution in [0.25, 0.3) is 0 Å². The van der Waals surface area contributed by atoms with Gasteiger partial charge in [0.05, 0.1) is 0 Å². The van der Waals surface area contributed by atoms with E-state index < -0.39 is 0 Å². The molecule has 1 aromatic heterocycles. The largest absolute Gasteiger partial charge is 0.382 e. The lowest BCUT2D eigenvalue weighted by Crippen LogP contribution is -2.25. The molecule has 0 spiro atoms. The van der Waals surface area contributed by atoms with Crippen molar-refractivity contribution in [3.05, 3.63) is 11.3 Å². The highest BCUT2D eigenvalue weighted by atomic mass is 15.2. The van der Waals surface area contributed by atoms with E-state index in [1.165, 1.54) is 43.4 Å². The van der Waals surface area contributed by atoms with Crippen LogP contribution in [-0.2, 0) is 5.41 Å². The summed E-state index contributed by atoms with van der Waals surface area (Å²) >= 11 is 0. The number of anilines is 1. The van der Waals surface area contributed by atoms with Gasteiger partial charge in [-0.05, 0) is 32.1 Å². The van der Waals surface area contributed by atoms with E-state index in [0.29, 0.717) is 11.2 Å². The number of nitrogens with two attached hydrogens (primary N) is 1. The van der Waals surface area contributed by atoms with Gasteiger partial charge < -0.3 is 5.73 Å². The Labute approximate surface area is 97.8 Å². The van der Waals surface area contributed by atoms with Crippen LogP contribution >= 0.6 is 0 Å². The Hall–Kier alpha value is -0.990. The Morgan fingerprint density at radius 2 is 2.00 bits per heavy atom. The molecule has 3 N–H and O–H groups in total. The predicted octanol–water partition coefficient (Wildman–Crippen LogP) is 3.16. The second kappa shape index (κ2) is 4.11. The van der Waals surface area contributed by atoms with Crippen LogP contribution in [0.15, 0.2) is 0 Å². The van der Waals surface area contributed by atoms with Crippen molar-refractivity contribution >= 4 is 5.82 Å². The fourth-order valence-electron chi connectivity index (χ4n) is 3.32. The molecular weight excluding hydrogens is 198 g/mol. The number of aromatic amines is 1. The fraction of sp³-hybridized carbons (Fsp3) is 0.769. The van der Waals surface area contributed by atoms with E-state index in [1.807, 2.05) is 0 Å². The zero-order valence-corrected chi connectivity index (χ0v) is 10.6. The summed E-state index contributed by atoms with van der Waals surface area (Å²) in [6.45, 7) is 6.69. The van der Waals surface area contributed by atoms with Crippen LogP contribution in [0.2, 0.25) is 0 Å². The summed E-state index contributed by atoms with van der Waals surface area (Å²) in [5.74, 6) is 1.40. The zero-order valence-electron chi connectivity index (χ0n) is 10.6. The smallest absolute Gasteiger partial charge is 0.148 e. The van der Waals surface area contributed by atoms with Crippen LogP contribution in [0.5, 0.6) is 0 Å². The van der Waals surface area contributed by atoms with Crippen molar-refractivity contribution in [2.24, 2.45) is 5.92 Å². The van der Waals surface area contributed by atoms with Gasteiger partial charge in [0, 0.05) is 16.7 Å². The summed E-state index contributed by atoms with van der Waals surface area (Å²) in [7, 11) is 0. The summed E-state index contributed by atoms with van der Waals surface area (Å²) in [6.07, 6.45) is 6.49. The SMILES string of the molecule is Cc1c(N)n[nH]c1C1(CC(C)C)CCCC1. The summed E-state index contributed by atoms with van der Waals surface area (Å²) in [5, 5.41) is 7.35. The van der Waals surface area contributed by atoms with Gasteiger partial charge in [0.15, 0.2) is 0 Å². The van der Waals surface area contributed by atoms with Crippen molar-refractivity contribution in [3.63, 3.8) is 0 Å². The first kappa shape index (κ1) is 11.5. The highest BCUT2D eigenvalue weighted by molar-refractivity contribution is 5.44. The molecule has 0 aliphatic heterocycles. The maximum Gasteiger partial charge on any atom is 0.148 e. The standard InChI is InChI=1S/C13H23N3/c1-9(2)8-13(6-4-5-7-13)11-10(3)12(14)16-15-11/h9H,4-8H2,1-3H3,(H3,14,15,16). The van der Waals surface area contributed by atoms with E-state index in [0.717, 1.165) is 5.92 Å². The van der Waals surface area contributed by atoms with Crippen molar-refractivity contribution in [2.75, 3.05) is 5.73 Å². The number of nitrogens with zero attached hydrogens (tertiary/aromatic N) is 1. The molecule has 1 aliphatic rings. The molecule has 3 heteroatoms. The maximum atomic E-state index is 5.86. The van der Waals surface area contributed by atoms with Gasteiger partial charge in [0.25, 0.3) is 0 Å². The first-order valence-corrected chi connectivity index (χ1v) is 6.36. The van der Waals surface area contributed by atoms with Gasteiger partial charge >= 0.3 is 0 Å². The van der Waals surface area contributed by atoms with Crippen LogP contribution < -0.4 is 5.73 Å². The minimum atomic E-state index is 0.322. The Morgan fingerprint density at radius 3 is 2.44 bits per heavy atom. The number of H-pyrrole nitrogens is 1. The lowest BCUT2D eigenvalue weighted by molar-refractivity contribution is 0.336. The van der Waals surface area contributed by atoms with Crippen LogP contribution in [0, 0.1) is 12.8 Å². The average molecular weight is 221 g/mol. The molecule has 0 bridgehead atoms. The molecule has 1 aromatic rings. The Kier molecular flexibility index (Phi) is 2.96. The molecule has 0 amide bonds. The molecular formula is C13H23N3. The molecule has 0 unspecified atom stereocenters. The third-order valence-corrected chi connectivity index (χ3v) is 3.94. The van der Waals surface area contributed by atoms with E-state index in [-0.39, 0.29) is 0 Å². The predicted molar refractivity (Wildman–Crippen MR) is 67.3 cm³/mol. The van der Waals surface area contributed by atoms with E-state index in [4.69, 9.17) is 5.73 Å². The van der Waals surface area contributed by atoms with Crippen molar-refractivity contribution in [1.82, 2.24) is 10.2 Å². The van der Waals surface area contributed by atoms with Gasteiger partial charge in [0.1, 0.15) is 5.82 Å². The molecule has 1 fully saturated rings. The first-order valence-electron chi connectivity index (χ1n) is 6.36. The summed E-state index contributed by atoms with van der Waals surface area (Å²) in [6, 6.07) is 0. The lowest BCUT2D eigenvalue weighted by atomic mass is 9.75. The third kappa shape index (κ3) is 1.83. The Morgan fingerprint density at radius 1 is 1.38 bits per heavy atom. The molecule has 0 saturated heterocycles. The third-order valence-electron chi connectivity index (χ3n) is 3.94. The monoisotopic (exact) mass is 221 g/mol. The van der Waals surface area contributed by atoms with Gasteiger partial charge in [-0.3, -0.25) is 5.10 Å². The molecule has 2 rings (SSSR count). The second-order valence-corrected chi connectivity index (χ2v) is 5.69. The maximum absolute atomic E-state index is 5.86. The average Bonchev–Trinajstić information content (AvgIpc) is 2.76. The van der Waals surface area contributed by atoms with E-state index in [9.17, 15) is 0 Å². The highest BCUT2D eigenvalue weighted by Crippen LogP contribution is 2.46. The molecule has 0 aromatic carbocycles. The highest BCUT2D eigenvalue weighted by Gasteiger charge is 2.38. The topological polar surface area (TPSA) is 54.7 Å². The van der Waals surface area contributed by atoms with Gasteiger partial charge in [0.2, 0.25) is 0 Å². The van der Waals surface area contributed by atoms with Crippen LogP contribution in [0.3, 0.4) is 0 Å². The van der Waals surface area contributed by atoms with Crippen molar-refractivity contribution in [3.8, 4) is 0 Å². The van der Waals surface area contributed by atoms with Crippen molar-refractivity contribution in [1.29, 1.82) is 0 Å². The first-order chi connectivity index (χ1) is 7.55. The number of nitrogen functional groups attached to an aromatic ring is 1. The summed E-state index contributed by atoms with van der Waals surface area (Å²) in [4.78, 5) is 0. The molecule has 1 aliphatic carbocycles. The molecule has 90 valence electrons. The second-order valence-electron chi connectivity index (χ2n) is 5.69. The molecule has 0 radical (unpaired) electrons. The minimum Gasteiger partial charge on any atom is -0.382 e. The van der Waals surface area contributed by atoms with Crippen LogP contribution in [-0.4, -0.2) is 10.2 Å². The number of rotatable bonds is 3. The van der Waals surface area contributed by atoms with Gasteiger partial charge in [-0.15, -0.1) is 0 Å². The number of nitrogens with one attached hydrogen (secondary N) is 1. The quantitative estimate of drug-likeness (QED) is 0.823. The molecule has 1 heterocycles. The summed E-state index contributed by atoms with van der Waals surface area (Å²) in [5.41, 5.74) is 8.65. The zero-order chi connectivity index (χ0) is 11.8. The van der Waals surface area contributed by atoms with E-state index in [2.05, 4.69) is 31.0 Å². The Bertz CT molecular complexity index is 359.